The van der Waals surface area contributed by atoms with Crippen molar-refractivity contribution in [1.29, 1.82) is 0 Å². The van der Waals surface area contributed by atoms with E-state index < -0.39 is 6.10 Å². The standard InChI is InChI=1S/C13H18O4/c1-9-4-11(6-14)5-10(2)13(9)17-8-12(15)7-16-3/h4-6,12,15H,7-8H2,1-3H3. The van der Waals surface area contributed by atoms with Crippen molar-refractivity contribution in [2.24, 2.45) is 0 Å². The Morgan fingerprint density at radius 3 is 2.35 bits per heavy atom. The van der Waals surface area contributed by atoms with Crippen LogP contribution in [0.2, 0.25) is 0 Å². The highest BCUT2D eigenvalue weighted by molar-refractivity contribution is 5.76. The van der Waals surface area contributed by atoms with Crippen LogP contribution in [0.4, 0.5) is 0 Å². The summed E-state index contributed by atoms with van der Waals surface area (Å²) in [4.78, 5) is 10.7. The maximum Gasteiger partial charge on any atom is 0.150 e. The van der Waals surface area contributed by atoms with E-state index in [9.17, 15) is 9.90 Å². The Morgan fingerprint density at radius 2 is 1.88 bits per heavy atom. The molecule has 0 radical (unpaired) electrons. The molecule has 4 heteroatoms. The van der Waals surface area contributed by atoms with Crippen molar-refractivity contribution in [3.8, 4) is 5.75 Å². The first-order chi connectivity index (χ1) is 8.08. The molecule has 1 aromatic rings. The molecule has 1 rings (SSSR count). The van der Waals surface area contributed by atoms with Crippen molar-refractivity contribution in [3.05, 3.63) is 28.8 Å². The molecule has 4 nitrogen and oxygen atoms in total. The predicted octanol–water partition coefficient (Wildman–Crippen LogP) is 1.50. The molecule has 0 saturated carbocycles. The zero-order valence-corrected chi connectivity index (χ0v) is 10.4. The third-order valence-corrected chi connectivity index (χ3v) is 2.40. The van der Waals surface area contributed by atoms with E-state index in [1.807, 2.05) is 13.8 Å². The van der Waals surface area contributed by atoms with Gasteiger partial charge in [0.1, 0.15) is 24.7 Å². The largest absolute Gasteiger partial charge is 0.490 e. The molecule has 0 heterocycles. The van der Waals surface area contributed by atoms with Crippen molar-refractivity contribution in [2.75, 3.05) is 20.3 Å². The van der Waals surface area contributed by atoms with Crippen LogP contribution in [0.5, 0.6) is 5.75 Å². The fourth-order valence-electron chi connectivity index (χ4n) is 1.70. The van der Waals surface area contributed by atoms with Gasteiger partial charge in [-0.3, -0.25) is 4.79 Å². The number of methoxy groups -OCH3 is 1. The van der Waals surface area contributed by atoms with Crippen molar-refractivity contribution in [1.82, 2.24) is 0 Å². The number of carbonyl (C=O) groups excluding carboxylic acids is 1. The second-order valence-electron chi connectivity index (χ2n) is 4.02. The Kier molecular flexibility index (Phi) is 5.12. The highest BCUT2D eigenvalue weighted by Gasteiger charge is 2.09. The van der Waals surface area contributed by atoms with E-state index >= 15 is 0 Å². The van der Waals surface area contributed by atoms with Crippen LogP contribution in [0.1, 0.15) is 21.5 Å². The number of hydrogen-bond acceptors (Lipinski definition) is 4. The third kappa shape index (κ3) is 3.84. The molecule has 94 valence electrons. The van der Waals surface area contributed by atoms with Gasteiger partial charge >= 0.3 is 0 Å². The average Bonchev–Trinajstić information content (AvgIpc) is 2.28. The molecule has 0 aliphatic carbocycles. The van der Waals surface area contributed by atoms with Gasteiger partial charge in [-0.05, 0) is 37.1 Å². The third-order valence-electron chi connectivity index (χ3n) is 2.40. The predicted molar refractivity (Wildman–Crippen MR) is 64.7 cm³/mol. The zero-order valence-electron chi connectivity index (χ0n) is 10.4. The topological polar surface area (TPSA) is 55.8 Å². The van der Waals surface area contributed by atoms with Crippen LogP contribution in [-0.2, 0) is 4.74 Å². The van der Waals surface area contributed by atoms with E-state index in [2.05, 4.69) is 0 Å². The van der Waals surface area contributed by atoms with Crippen LogP contribution in [0.25, 0.3) is 0 Å². The van der Waals surface area contributed by atoms with Crippen molar-refractivity contribution in [2.45, 2.75) is 20.0 Å². The van der Waals surface area contributed by atoms with E-state index in [0.29, 0.717) is 11.3 Å². The fourth-order valence-corrected chi connectivity index (χ4v) is 1.70. The number of aliphatic hydroxyl groups excluding tert-OH is 1. The van der Waals surface area contributed by atoms with Gasteiger partial charge in [0.25, 0.3) is 0 Å². The molecule has 0 fully saturated rings. The first-order valence-corrected chi connectivity index (χ1v) is 5.44. The highest BCUT2D eigenvalue weighted by atomic mass is 16.5. The Balaban J connectivity index is 2.74. The monoisotopic (exact) mass is 238 g/mol. The lowest BCUT2D eigenvalue weighted by atomic mass is 10.1. The zero-order chi connectivity index (χ0) is 12.8. The van der Waals surface area contributed by atoms with Crippen molar-refractivity contribution in [3.63, 3.8) is 0 Å². The Bertz CT molecular complexity index is 364. The van der Waals surface area contributed by atoms with E-state index in [4.69, 9.17) is 9.47 Å². The SMILES string of the molecule is COCC(O)COc1c(C)cc(C=O)cc1C. The lowest BCUT2D eigenvalue weighted by Gasteiger charge is -2.15. The Morgan fingerprint density at radius 1 is 1.29 bits per heavy atom. The van der Waals surface area contributed by atoms with Crippen LogP contribution < -0.4 is 4.74 Å². The van der Waals surface area contributed by atoms with Crippen LogP contribution in [0.3, 0.4) is 0 Å². The fraction of sp³-hybridized carbons (Fsp3) is 0.462. The molecule has 0 saturated heterocycles. The summed E-state index contributed by atoms with van der Waals surface area (Å²) in [7, 11) is 1.53. The van der Waals surface area contributed by atoms with Gasteiger partial charge in [-0.15, -0.1) is 0 Å². The number of aryl methyl sites for hydroxylation is 2. The molecule has 0 aliphatic heterocycles. The second kappa shape index (κ2) is 6.37. The minimum atomic E-state index is -0.649. The molecule has 17 heavy (non-hydrogen) atoms. The first kappa shape index (κ1) is 13.7. The van der Waals surface area contributed by atoms with E-state index in [0.717, 1.165) is 17.4 Å². The maximum atomic E-state index is 10.7. The maximum absolute atomic E-state index is 10.7. The van der Waals surface area contributed by atoms with Crippen molar-refractivity contribution >= 4 is 6.29 Å². The molecule has 1 aromatic carbocycles. The number of aliphatic hydroxyl groups is 1. The average molecular weight is 238 g/mol. The number of rotatable bonds is 6. The van der Waals surface area contributed by atoms with E-state index in [1.54, 1.807) is 12.1 Å². The number of aldehydes is 1. The van der Waals surface area contributed by atoms with Gasteiger partial charge in [0.15, 0.2) is 0 Å². The summed E-state index contributed by atoms with van der Waals surface area (Å²) < 4.78 is 10.3. The van der Waals surface area contributed by atoms with Crippen LogP contribution in [0, 0.1) is 13.8 Å². The first-order valence-electron chi connectivity index (χ1n) is 5.44. The van der Waals surface area contributed by atoms with Crippen molar-refractivity contribution < 1.29 is 19.4 Å². The summed E-state index contributed by atoms with van der Waals surface area (Å²) >= 11 is 0. The molecule has 0 amide bonds. The van der Waals surface area contributed by atoms with Gasteiger partial charge in [0, 0.05) is 12.7 Å². The Hall–Kier alpha value is -1.39. The molecule has 0 aromatic heterocycles. The summed E-state index contributed by atoms with van der Waals surface area (Å²) in [6, 6.07) is 3.52. The van der Waals surface area contributed by atoms with Crippen LogP contribution in [0.15, 0.2) is 12.1 Å². The molecular weight excluding hydrogens is 220 g/mol. The van der Waals surface area contributed by atoms with Gasteiger partial charge in [0.05, 0.1) is 6.61 Å². The molecule has 1 atom stereocenters. The molecular formula is C13H18O4. The number of hydrogen-bond donors (Lipinski definition) is 1. The van der Waals surface area contributed by atoms with Gasteiger partial charge in [-0.1, -0.05) is 0 Å². The second-order valence-corrected chi connectivity index (χ2v) is 4.02. The molecule has 0 spiro atoms. The van der Waals surface area contributed by atoms with Crippen LogP contribution >= 0.6 is 0 Å². The lowest BCUT2D eigenvalue weighted by Crippen LogP contribution is -2.23. The van der Waals surface area contributed by atoms with E-state index in [1.165, 1.54) is 7.11 Å². The number of benzene rings is 1. The van der Waals surface area contributed by atoms with Gasteiger partial charge in [-0.2, -0.15) is 0 Å². The smallest absolute Gasteiger partial charge is 0.150 e. The number of carbonyl (C=O) groups is 1. The summed E-state index contributed by atoms with van der Waals surface area (Å²) in [6.45, 7) is 4.16. The molecule has 0 aliphatic rings. The highest BCUT2D eigenvalue weighted by Crippen LogP contribution is 2.24. The molecule has 1 N–H and O–H groups in total. The normalized spacial score (nSPS) is 12.2. The van der Waals surface area contributed by atoms with Gasteiger partial charge in [-0.25, -0.2) is 0 Å². The van der Waals surface area contributed by atoms with E-state index in [-0.39, 0.29) is 13.2 Å². The quantitative estimate of drug-likeness (QED) is 0.763. The summed E-state index contributed by atoms with van der Waals surface area (Å²) in [5, 5.41) is 9.49. The minimum Gasteiger partial charge on any atom is -0.490 e. The summed E-state index contributed by atoms with van der Waals surface area (Å²) in [5.41, 5.74) is 2.40. The summed E-state index contributed by atoms with van der Waals surface area (Å²) in [6.07, 6.45) is 0.161. The van der Waals surface area contributed by atoms with Crippen LogP contribution in [-0.4, -0.2) is 37.8 Å². The lowest BCUT2D eigenvalue weighted by molar-refractivity contribution is 0.0322. The number of ether oxygens (including phenoxy) is 2. The summed E-state index contributed by atoms with van der Waals surface area (Å²) in [5.74, 6) is 0.714. The van der Waals surface area contributed by atoms with Gasteiger partial charge < -0.3 is 14.6 Å². The molecule has 1 unspecified atom stereocenters. The molecule has 0 bridgehead atoms. The Labute approximate surface area is 101 Å². The van der Waals surface area contributed by atoms with Gasteiger partial charge in [0.2, 0.25) is 0 Å². The minimum absolute atomic E-state index is 0.177.